The summed E-state index contributed by atoms with van der Waals surface area (Å²) in [7, 11) is -9.65. The number of nitrogen functional groups attached to an aromatic ring is 1. The second kappa shape index (κ2) is 9.66. The second-order valence-corrected chi connectivity index (χ2v) is 10.6. The van der Waals surface area contributed by atoms with Crippen LogP contribution in [0.4, 0.5) is 28.7 Å². The van der Waals surface area contributed by atoms with E-state index in [1.54, 1.807) is 0 Å². The van der Waals surface area contributed by atoms with Gasteiger partial charge in [-0.3, -0.25) is 9.11 Å². The Hall–Kier alpha value is -3.67. The summed E-state index contributed by atoms with van der Waals surface area (Å²) in [5.41, 5.74) is 5.22. The van der Waals surface area contributed by atoms with Crippen LogP contribution in [0.5, 0.6) is 5.75 Å². The number of hydrogen-bond donors (Lipinski definition) is 5. The Kier molecular flexibility index (Phi) is 6.89. The molecule has 0 aliphatic rings. The van der Waals surface area contributed by atoms with Crippen LogP contribution in [0.25, 0.3) is 10.8 Å². The van der Waals surface area contributed by atoms with E-state index in [9.17, 15) is 31.0 Å². The van der Waals surface area contributed by atoms with Crippen molar-refractivity contribution in [2.45, 2.75) is 9.79 Å². The van der Waals surface area contributed by atoms with Crippen LogP contribution in [-0.4, -0.2) is 46.0 Å². The molecule has 0 spiro atoms. The molecule has 1 heterocycles. The van der Waals surface area contributed by atoms with Crippen LogP contribution in [0.3, 0.4) is 0 Å². The van der Waals surface area contributed by atoms with E-state index in [4.69, 9.17) is 28.9 Å². The Morgan fingerprint density at radius 3 is 2.08 bits per heavy atom. The maximum Gasteiger partial charge on any atom is 0.296 e. The van der Waals surface area contributed by atoms with Gasteiger partial charge in [0.1, 0.15) is 26.9 Å². The van der Waals surface area contributed by atoms with Gasteiger partial charge in [0.05, 0.1) is 11.1 Å². The lowest BCUT2D eigenvalue weighted by Crippen LogP contribution is -2.03. The summed E-state index contributed by atoms with van der Waals surface area (Å²) in [6.45, 7) is 0. The van der Waals surface area contributed by atoms with Gasteiger partial charge in [-0.2, -0.15) is 31.8 Å². The number of azo groups is 1. The number of fused-ring (bicyclic) bond motifs is 1. The van der Waals surface area contributed by atoms with Crippen molar-refractivity contribution in [1.29, 1.82) is 0 Å². The van der Waals surface area contributed by atoms with Crippen molar-refractivity contribution in [1.82, 2.24) is 15.0 Å². The first kappa shape index (κ1) is 26.4. The maximum absolute atomic E-state index is 12.0. The summed E-state index contributed by atoms with van der Waals surface area (Å²) in [6, 6.07) is 8.25. The normalized spacial score (nSPS) is 12.3. The molecule has 0 aliphatic heterocycles. The van der Waals surface area contributed by atoms with Crippen molar-refractivity contribution in [2.24, 2.45) is 10.2 Å². The summed E-state index contributed by atoms with van der Waals surface area (Å²) >= 11 is 11.4. The highest BCUT2D eigenvalue weighted by Gasteiger charge is 2.21. The number of hydrogen-bond acceptors (Lipinski definition) is 12. The number of aromatic hydroxyl groups is 1. The monoisotopic (exact) mass is 585 g/mol. The van der Waals surface area contributed by atoms with Crippen LogP contribution in [0.15, 0.2) is 62.5 Å². The zero-order valence-electron chi connectivity index (χ0n) is 17.9. The molecule has 0 amide bonds. The molecule has 0 saturated carbocycles. The van der Waals surface area contributed by atoms with Crippen molar-refractivity contribution in [3.8, 4) is 5.75 Å². The molecule has 0 atom stereocenters. The van der Waals surface area contributed by atoms with Crippen LogP contribution in [0.1, 0.15) is 0 Å². The number of nitrogens with two attached hydrogens (primary N) is 1. The zero-order valence-corrected chi connectivity index (χ0v) is 21.0. The number of phenols is 1. The number of anilines is 3. The van der Waals surface area contributed by atoms with Crippen LogP contribution >= 0.6 is 23.2 Å². The Morgan fingerprint density at radius 2 is 1.46 bits per heavy atom. The molecule has 3 aromatic carbocycles. The van der Waals surface area contributed by atoms with Gasteiger partial charge in [-0.15, -0.1) is 10.2 Å². The molecule has 0 aliphatic carbocycles. The van der Waals surface area contributed by atoms with Gasteiger partial charge >= 0.3 is 0 Å². The Morgan fingerprint density at radius 1 is 0.838 bits per heavy atom. The van der Waals surface area contributed by atoms with Crippen LogP contribution in [0.2, 0.25) is 10.6 Å². The highest BCUT2D eigenvalue weighted by molar-refractivity contribution is 7.86. The molecule has 4 rings (SSSR count). The third-order valence-corrected chi connectivity index (χ3v) is 6.85. The molecule has 0 fully saturated rings. The van der Waals surface area contributed by atoms with E-state index in [0.29, 0.717) is 0 Å². The molecule has 0 saturated heterocycles. The quantitative estimate of drug-likeness (QED) is 0.121. The van der Waals surface area contributed by atoms with Gasteiger partial charge < -0.3 is 16.2 Å². The molecule has 0 unspecified atom stereocenters. The Balaban J connectivity index is 1.82. The van der Waals surface area contributed by atoms with Crippen molar-refractivity contribution >= 4 is 82.9 Å². The van der Waals surface area contributed by atoms with E-state index in [1.165, 1.54) is 24.3 Å². The number of benzene rings is 3. The Bertz CT molecular complexity index is 1800. The summed E-state index contributed by atoms with van der Waals surface area (Å²) in [5.74, 6) is -0.522. The van der Waals surface area contributed by atoms with Gasteiger partial charge in [-0.05, 0) is 53.5 Å². The smallest absolute Gasteiger partial charge is 0.296 e. The van der Waals surface area contributed by atoms with Crippen LogP contribution < -0.4 is 11.1 Å². The molecule has 192 valence electrons. The fourth-order valence-electron chi connectivity index (χ4n) is 3.23. The van der Waals surface area contributed by atoms with Gasteiger partial charge in [0.25, 0.3) is 20.2 Å². The third-order valence-electron chi connectivity index (χ3n) is 4.74. The van der Waals surface area contributed by atoms with Gasteiger partial charge in [-0.1, -0.05) is 12.1 Å². The first-order valence-corrected chi connectivity index (χ1v) is 13.3. The van der Waals surface area contributed by atoms with Gasteiger partial charge in [0.15, 0.2) is 0 Å². The minimum Gasteiger partial charge on any atom is -0.507 e. The molecule has 1 aromatic heterocycles. The van der Waals surface area contributed by atoms with Gasteiger partial charge in [0.2, 0.25) is 16.5 Å². The molecular formula is C19H13Cl2N7O7S2. The predicted molar refractivity (Wildman–Crippen MR) is 133 cm³/mol. The molecule has 37 heavy (non-hydrogen) atoms. The molecule has 18 heteroatoms. The molecule has 0 bridgehead atoms. The first-order chi connectivity index (χ1) is 17.2. The number of nitrogens with zero attached hydrogens (tertiary/aromatic N) is 5. The lowest BCUT2D eigenvalue weighted by molar-refractivity contribution is 0.480. The van der Waals surface area contributed by atoms with Crippen molar-refractivity contribution in [3.63, 3.8) is 0 Å². The summed E-state index contributed by atoms with van der Waals surface area (Å²) < 4.78 is 67.2. The summed E-state index contributed by atoms with van der Waals surface area (Å²) in [5, 5.41) is 19.8. The summed E-state index contributed by atoms with van der Waals surface area (Å²) in [6.07, 6.45) is 0. The van der Waals surface area contributed by atoms with Crippen LogP contribution in [0, 0.1) is 0 Å². The van der Waals surface area contributed by atoms with E-state index in [-0.39, 0.29) is 50.0 Å². The number of nitrogens with one attached hydrogen (secondary N) is 1. The zero-order chi connectivity index (χ0) is 27.1. The van der Waals surface area contributed by atoms with E-state index in [1.807, 2.05) is 0 Å². The largest absolute Gasteiger partial charge is 0.507 e. The molecule has 0 radical (unpaired) electrons. The number of rotatable bonds is 6. The van der Waals surface area contributed by atoms with Crippen molar-refractivity contribution in [3.05, 3.63) is 53.0 Å². The minimum absolute atomic E-state index is 0.0773. The third kappa shape index (κ3) is 5.68. The van der Waals surface area contributed by atoms with E-state index < -0.39 is 35.8 Å². The standard InChI is InChI=1S/C19H13Cl2N7O7S2/c20-17-24-18(21)26-19(25-17)23-8-4-5-10(14(6-8)37(33,34)35)27-28-11-7-13(36(30,31)32)9-2-1-3-12(29)15(9)16(11)22/h1-7,29H,22H2,(H,30,31,32)(H,33,34,35)(H,23,24,25,26). The highest BCUT2D eigenvalue weighted by Crippen LogP contribution is 2.41. The highest BCUT2D eigenvalue weighted by atomic mass is 35.5. The van der Waals surface area contributed by atoms with E-state index >= 15 is 0 Å². The lowest BCUT2D eigenvalue weighted by Gasteiger charge is -2.11. The Labute approximate surface area is 218 Å². The number of halogens is 2. The molecule has 6 N–H and O–H groups in total. The fourth-order valence-corrected chi connectivity index (χ4v) is 4.95. The SMILES string of the molecule is Nc1c(N=Nc2ccc(Nc3nc(Cl)nc(Cl)n3)cc2S(=O)(=O)O)cc(S(=O)(=O)O)c2cccc(O)c12. The van der Waals surface area contributed by atoms with E-state index in [0.717, 1.165) is 18.2 Å². The van der Waals surface area contributed by atoms with Crippen molar-refractivity contribution in [2.75, 3.05) is 11.1 Å². The van der Waals surface area contributed by atoms with Crippen LogP contribution in [-0.2, 0) is 20.2 Å². The first-order valence-electron chi connectivity index (χ1n) is 9.63. The lowest BCUT2D eigenvalue weighted by atomic mass is 10.1. The number of phenolic OH excluding ortho intramolecular Hbond substituents is 1. The molecular weight excluding hydrogens is 573 g/mol. The fraction of sp³-hybridized carbons (Fsp3) is 0. The maximum atomic E-state index is 12.0. The average Bonchev–Trinajstić information content (AvgIpc) is 2.77. The second-order valence-electron chi connectivity index (χ2n) is 7.16. The van der Waals surface area contributed by atoms with Crippen molar-refractivity contribution < 1.29 is 31.0 Å². The summed E-state index contributed by atoms with van der Waals surface area (Å²) in [4.78, 5) is 9.81. The number of aromatic nitrogens is 3. The molecule has 14 nitrogen and oxygen atoms in total. The topological polar surface area (TPSA) is 230 Å². The van der Waals surface area contributed by atoms with Gasteiger partial charge in [-0.25, -0.2) is 0 Å². The minimum atomic E-state index is -4.86. The average molecular weight is 586 g/mol. The predicted octanol–water partition coefficient (Wildman–Crippen LogP) is 4.27. The van der Waals surface area contributed by atoms with Gasteiger partial charge in [0, 0.05) is 11.1 Å². The molecule has 4 aromatic rings. The van der Waals surface area contributed by atoms with E-state index in [2.05, 4.69) is 30.5 Å².